The van der Waals surface area contributed by atoms with Crippen LogP contribution in [0.15, 0.2) is 29.2 Å². The number of benzene rings is 1. The molecule has 0 bridgehead atoms. The van der Waals surface area contributed by atoms with E-state index >= 15 is 0 Å². The first-order valence-electron chi connectivity index (χ1n) is 6.43. The number of nitrogens with one attached hydrogen (secondary N) is 1. The van der Waals surface area contributed by atoms with Crippen molar-refractivity contribution in [3.8, 4) is 0 Å². The molecule has 0 spiro atoms. The van der Waals surface area contributed by atoms with E-state index in [0.717, 1.165) is 18.8 Å². The van der Waals surface area contributed by atoms with Gasteiger partial charge in [0, 0.05) is 18.8 Å². The number of hydrogen-bond donors (Lipinski definition) is 2. The van der Waals surface area contributed by atoms with Crippen LogP contribution in [0.25, 0.3) is 0 Å². The van der Waals surface area contributed by atoms with Crippen LogP contribution in [0.1, 0.15) is 13.8 Å². The zero-order valence-electron chi connectivity index (χ0n) is 11.8. The Morgan fingerprint density at radius 1 is 1.32 bits per heavy atom. The summed E-state index contributed by atoms with van der Waals surface area (Å²) in [6.07, 6.45) is 0. The first-order chi connectivity index (χ1) is 8.94. The van der Waals surface area contributed by atoms with Crippen molar-refractivity contribution in [2.45, 2.75) is 18.7 Å². The number of nitrogens with zero attached hydrogens (tertiary/aromatic N) is 1. The Balaban J connectivity index is 2.91. The van der Waals surface area contributed by atoms with Crippen LogP contribution >= 0.6 is 0 Å². The average molecular weight is 285 g/mol. The van der Waals surface area contributed by atoms with Crippen molar-refractivity contribution >= 4 is 15.7 Å². The molecule has 6 heteroatoms. The van der Waals surface area contributed by atoms with E-state index < -0.39 is 10.0 Å². The SMILES string of the molecule is CCN(CC(C)CN)c1ccc(S(=O)(=O)NC)cc1. The second-order valence-corrected chi connectivity index (χ2v) is 6.47. The van der Waals surface area contributed by atoms with Crippen LogP contribution in [0.5, 0.6) is 0 Å². The molecule has 1 unspecified atom stereocenters. The van der Waals surface area contributed by atoms with Crippen molar-refractivity contribution in [1.29, 1.82) is 0 Å². The fourth-order valence-corrected chi connectivity index (χ4v) is 2.55. The van der Waals surface area contributed by atoms with Crippen LogP contribution in [0.4, 0.5) is 5.69 Å². The Hall–Kier alpha value is -1.11. The van der Waals surface area contributed by atoms with E-state index in [1.54, 1.807) is 12.1 Å². The van der Waals surface area contributed by atoms with Crippen LogP contribution in [0, 0.1) is 5.92 Å². The van der Waals surface area contributed by atoms with Gasteiger partial charge in [-0.25, -0.2) is 13.1 Å². The predicted molar refractivity (Wildman–Crippen MR) is 78.8 cm³/mol. The Morgan fingerprint density at radius 3 is 2.32 bits per heavy atom. The highest BCUT2D eigenvalue weighted by Gasteiger charge is 2.13. The number of sulfonamides is 1. The highest BCUT2D eigenvalue weighted by Crippen LogP contribution is 2.18. The minimum Gasteiger partial charge on any atom is -0.371 e. The monoisotopic (exact) mass is 285 g/mol. The second-order valence-electron chi connectivity index (χ2n) is 4.58. The van der Waals surface area contributed by atoms with Crippen LogP contribution in [0.3, 0.4) is 0 Å². The summed E-state index contributed by atoms with van der Waals surface area (Å²) in [5, 5.41) is 0. The Kier molecular flexibility index (Phi) is 5.78. The first-order valence-corrected chi connectivity index (χ1v) is 7.91. The molecule has 0 fully saturated rings. The Labute approximate surface area is 115 Å². The molecular formula is C13H23N3O2S. The first kappa shape index (κ1) is 15.9. The van der Waals surface area contributed by atoms with E-state index in [-0.39, 0.29) is 4.90 Å². The molecule has 0 aliphatic heterocycles. The van der Waals surface area contributed by atoms with Crippen LogP contribution in [-0.2, 0) is 10.0 Å². The molecule has 0 heterocycles. The van der Waals surface area contributed by atoms with Crippen molar-refractivity contribution < 1.29 is 8.42 Å². The number of nitrogens with two attached hydrogens (primary N) is 1. The lowest BCUT2D eigenvalue weighted by Crippen LogP contribution is -2.31. The molecule has 0 aromatic heterocycles. The molecule has 19 heavy (non-hydrogen) atoms. The fraction of sp³-hybridized carbons (Fsp3) is 0.538. The maximum Gasteiger partial charge on any atom is 0.240 e. The molecule has 0 saturated heterocycles. The van der Waals surface area contributed by atoms with E-state index in [2.05, 4.69) is 23.5 Å². The van der Waals surface area contributed by atoms with Gasteiger partial charge >= 0.3 is 0 Å². The van der Waals surface area contributed by atoms with Crippen molar-refractivity contribution in [2.24, 2.45) is 11.7 Å². The highest BCUT2D eigenvalue weighted by atomic mass is 32.2. The topological polar surface area (TPSA) is 75.4 Å². The summed E-state index contributed by atoms with van der Waals surface area (Å²) in [7, 11) is -1.96. The zero-order chi connectivity index (χ0) is 14.5. The van der Waals surface area contributed by atoms with Gasteiger partial charge in [0.2, 0.25) is 10.0 Å². The van der Waals surface area contributed by atoms with Gasteiger partial charge in [-0.05, 0) is 50.7 Å². The minimum absolute atomic E-state index is 0.279. The quantitative estimate of drug-likeness (QED) is 0.784. The molecular weight excluding hydrogens is 262 g/mol. The molecule has 0 amide bonds. The molecule has 1 atom stereocenters. The summed E-state index contributed by atoms with van der Waals surface area (Å²) in [5.41, 5.74) is 6.65. The maximum atomic E-state index is 11.6. The zero-order valence-corrected chi connectivity index (χ0v) is 12.6. The van der Waals surface area contributed by atoms with E-state index in [4.69, 9.17) is 5.73 Å². The van der Waals surface area contributed by atoms with Crippen molar-refractivity contribution in [1.82, 2.24) is 4.72 Å². The highest BCUT2D eigenvalue weighted by molar-refractivity contribution is 7.89. The smallest absolute Gasteiger partial charge is 0.240 e. The lowest BCUT2D eigenvalue weighted by molar-refractivity contribution is 0.575. The van der Waals surface area contributed by atoms with E-state index in [1.807, 2.05) is 12.1 Å². The Bertz CT molecular complexity index is 485. The Morgan fingerprint density at radius 2 is 1.89 bits per heavy atom. The van der Waals surface area contributed by atoms with Gasteiger partial charge in [-0.15, -0.1) is 0 Å². The molecule has 0 aliphatic carbocycles. The standard InChI is InChI=1S/C13H23N3O2S/c1-4-16(10-11(2)9-14)12-5-7-13(8-6-12)19(17,18)15-3/h5-8,11,15H,4,9-10,14H2,1-3H3. The minimum atomic E-state index is -3.36. The molecule has 5 nitrogen and oxygen atoms in total. The molecule has 1 rings (SSSR count). The van der Waals surface area contributed by atoms with Gasteiger partial charge in [-0.1, -0.05) is 6.92 Å². The normalized spacial score (nSPS) is 13.3. The lowest BCUT2D eigenvalue weighted by atomic mass is 10.1. The molecule has 0 aliphatic rings. The molecule has 1 aromatic carbocycles. The number of rotatable bonds is 7. The predicted octanol–water partition coefficient (Wildman–Crippen LogP) is 1.02. The molecule has 3 N–H and O–H groups in total. The van der Waals surface area contributed by atoms with Gasteiger partial charge in [0.25, 0.3) is 0 Å². The lowest BCUT2D eigenvalue weighted by Gasteiger charge is -2.26. The second kappa shape index (κ2) is 6.88. The third-order valence-corrected chi connectivity index (χ3v) is 4.53. The molecule has 0 radical (unpaired) electrons. The average Bonchev–Trinajstić information content (AvgIpc) is 2.44. The van der Waals surface area contributed by atoms with Gasteiger partial charge in [0.05, 0.1) is 4.90 Å². The van der Waals surface area contributed by atoms with Crippen LogP contribution in [0.2, 0.25) is 0 Å². The molecule has 0 saturated carbocycles. The third kappa shape index (κ3) is 4.19. The summed E-state index contributed by atoms with van der Waals surface area (Å²) in [5.74, 6) is 0.403. The summed E-state index contributed by atoms with van der Waals surface area (Å²) in [4.78, 5) is 2.47. The third-order valence-electron chi connectivity index (χ3n) is 3.10. The van der Waals surface area contributed by atoms with E-state index in [0.29, 0.717) is 12.5 Å². The summed E-state index contributed by atoms with van der Waals surface area (Å²) < 4.78 is 25.6. The molecule has 108 valence electrons. The summed E-state index contributed by atoms with van der Waals surface area (Å²) in [6, 6.07) is 6.90. The summed E-state index contributed by atoms with van der Waals surface area (Å²) >= 11 is 0. The van der Waals surface area contributed by atoms with Crippen molar-refractivity contribution in [3.05, 3.63) is 24.3 Å². The van der Waals surface area contributed by atoms with E-state index in [9.17, 15) is 8.42 Å². The van der Waals surface area contributed by atoms with Crippen LogP contribution < -0.4 is 15.4 Å². The maximum absolute atomic E-state index is 11.6. The van der Waals surface area contributed by atoms with Crippen molar-refractivity contribution in [3.63, 3.8) is 0 Å². The van der Waals surface area contributed by atoms with Crippen LogP contribution in [-0.4, -0.2) is 35.1 Å². The fourth-order valence-electron chi connectivity index (χ4n) is 1.82. The van der Waals surface area contributed by atoms with Gasteiger partial charge < -0.3 is 10.6 Å². The molecule has 1 aromatic rings. The summed E-state index contributed by atoms with van der Waals surface area (Å²) in [6.45, 7) is 6.54. The van der Waals surface area contributed by atoms with Gasteiger partial charge in [-0.3, -0.25) is 0 Å². The van der Waals surface area contributed by atoms with Gasteiger partial charge in [-0.2, -0.15) is 0 Å². The van der Waals surface area contributed by atoms with E-state index in [1.165, 1.54) is 7.05 Å². The van der Waals surface area contributed by atoms with Crippen molar-refractivity contribution in [2.75, 3.05) is 31.6 Å². The van der Waals surface area contributed by atoms with Gasteiger partial charge in [0.15, 0.2) is 0 Å². The van der Waals surface area contributed by atoms with Gasteiger partial charge in [0.1, 0.15) is 0 Å². The number of hydrogen-bond acceptors (Lipinski definition) is 4. The number of anilines is 1. The largest absolute Gasteiger partial charge is 0.371 e.